The molecule has 0 radical (unpaired) electrons. The topological polar surface area (TPSA) is 83.5 Å². The van der Waals surface area contributed by atoms with Crippen LogP contribution in [-0.4, -0.2) is 34.2 Å². The molecule has 1 N–H and O–H groups in total. The fourth-order valence-electron chi connectivity index (χ4n) is 3.30. The van der Waals surface area contributed by atoms with Crippen LogP contribution in [0.1, 0.15) is 37.3 Å². The summed E-state index contributed by atoms with van der Waals surface area (Å²) in [6.45, 7) is 4.72. The number of hydrogen-bond acceptors (Lipinski definition) is 4. The van der Waals surface area contributed by atoms with Crippen LogP contribution in [-0.2, 0) is 26.5 Å². The van der Waals surface area contributed by atoms with Gasteiger partial charge in [0.15, 0.2) is 0 Å². The Morgan fingerprint density at radius 2 is 1.57 bits per heavy atom. The highest BCUT2D eigenvalue weighted by molar-refractivity contribution is 7.92. The predicted octanol–water partition coefficient (Wildman–Crippen LogP) is 3.53. The van der Waals surface area contributed by atoms with Crippen LogP contribution in [0.5, 0.6) is 0 Å². The van der Waals surface area contributed by atoms with Crippen LogP contribution in [0.15, 0.2) is 52.3 Å². The van der Waals surface area contributed by atoms with E-state index < -0.39 is 20.0 Å². The zero-order chi connectivity index (χ0) is 20.4. The van der Waals surface area contributed by atoms with Crippen molar-refractivity contribution in [3.63, 3.8) is 0 Å². The summed E-state index contributed by atoms with van der Waals surface area (Å²) < 4.78 is 55.4. The van der Waals surface area contributed by atoms with E-state index in [1.807, 2.05) is 6.92 Å². The summed E-state index contributed by atoms with van der Waals surface area (Å²) in [5.41, 5.74) is 1.88. The minimum Gasteiger partial charge on any atom is -0.280 e. The summed E-state index contributed by atoms with van der Waals surface area (Å²) in [6.07, 6.45) is 3.54. The van der Waals surface area contributed by atoms with Crippen molar-refractivity contribution < 1.29 is 16.8 Å². The highest BCUT2D eigenvalue weighted by Gasteiger charge is 2.28. The lowest BCUT2D eigenvalue weighted by Crippen LogP contribution is -2.36. The van der Waals surface area contributed by atoms with E-state index in [0.717, 1.165) is 31.2 Å². The van der Waals surface area contributed by atoms with Crippen LogP contribution in [0.25, 0.3) is 0 Å². The lowest BCUT2D eigenvalue weighted by atomic mass is 10.2. The SMILES string of the molecule is CCc1ccc(S(=O)(=O)Nc2ccc(C)c(S(=O)(=O)N3CCCCC3)c2)cc1. The molecule has 1 heterocycles. The molecular formula is C20H26N2O4S2. The van der Waals surface area contributed by atoms with E-state index in [-0.39, 0.29) is 15.5 Å². The number of sulfonamides is 2. The fourth-order valence-corrected chi connectivity index (χ4v) is 6.12. The first kappa shape index (κ1) is 20.8. The summed E-state index contributed by atoms with van der Waals surface area (Å²) in [4.78, 5) is 0.293. The van der Waals surface area contributed by atoms with Crippen molar-refractivity contribution in [2.24, 2.45) is 0 Å². The van der Waals surface area contributed by atoms with E-state index in [1.54, 1.807) is 43.3 Å². The maximum absolute atomic E-state index is 13.0. The molecule has 1 fully saturated rings. The maximum Gasteiger partial charge on any atom is 0.261 e. The number of nitrogens with one attached hydrogen (secondary N) is 1. The average molecular weight is 423 g/mol. The third-order valence-electron chi connectivity index (χ3n) is 5.02. The Hall–Kier alpha value is -1.90. The normalized spacial score (nSPS) is 16.1. The molecule has 1 aliphatic rings. The van der Waals surface area contributed by atoms with Gasteiger partial charge in [0.2, 0.25) is 10.0 Å². The number of anilines is 1. The Bertz CT molecular complexity index is 1040. The quantitative estimate of drug-likeness (QED) is 0.772. The van der Waals surface area contributed by atoms with Gasteiger partial charge in [-0.15, -0.1) is 0 Å². The smallest absolute Gasteiger partial charge is 0.261 e. The van der Waals surface area contributed by atoms with Gasteiger partial charge in [0.25, 0.3) is 10.0 Å². The molecule has 0 amide bonds. The zero-order valence-corrected chi connectivity index (χ0v) is 17.8. The third-order valence-corrected chi connectivity index (χ3v) is 8.45. The average Bonchev–Trinajstić information content (AvgIpc) is 2.70. The lowest BCUT2D eigenvalue weighted by molar-refractivity contribution is 0.346. The molecule has 0 atom stereocenters. The van der Waals surface area contributed by atoms with Gasteiger partial charge >= 0.3 is 0 Å². The minimum atomic E-state index is -3.80. The standard InChI is InChI=1S/C20H26N2O4S2/c1-3-17-8-11-19(12-9-17)27(23,24)21-18-10-7-16(2)20(15-18)28(25,26)22-13-5-4-6-14-22/h7-12,15,21H,3-6,13-14H2,1-2H3. The van der Waals surface area contributed by atoms with Gasteiger partial charge in [-0.2, -0.15) is 4.31 Å². The van der Waals surface area contributed by atoms with Crippen molar-refractivity contribution in [3.05, 3.63) is 53.6 Å². The highest BCUT2D eigenvalue weighted by Crippen LogP contribution is 2.27. The van der Waals surface area contributed by atoms with E-state index in [9.17, 15) is 16.8 Å². The molecule has 0 aromatic heterocycles. The lowest BCUT2D eigenvalue weighted by Gasteiger charge is -2.26. The first-order chi connectivity index (χ1) is 13.2. The summed E-state index contributed by atoms with van der Waals surface area (Å²) in [7, 11) is -7.44. The molecule has 152 valence electrons. The van der Waals surface area contributed by atoms with Crippen LogP contribution >= 0.6 is 0 Å². The highest BCUT2D eigenvalue weighted by atomic mass is 32.2. The molecule has 1 aliphatic heterocycles. The summed E-state index contributed by atoms with van der Waals surface area (Å²) in [5.74, 6) is 0. The molecular weight excluding hydrogens is 396 g/mol. The van der Waals surface area contributed by atoms with Crippen molar-refractivity contribution in [3.8, 4) is 0 Å². The number of nitrogens with zero attached hydrogens (tertiary/aromatic N) is 1. The molecule has 0 aliphatic carbocycles. The van der Waals surface area contributed by atoms with Gasteiger partial charge in [0, 0.05) is 13.1 Å². The van der Waals surface area contributed by atoms with Gasteiger partial charge in [-0.1, -0.05) is 31.5 Å². The second kappa shape index (κ2) is 8.23. The van der Waals surface area contributed by atoms with Crippen LogP contribution < -0.4 is 4.72 Å². The second-order valence-electron chi connectivity index (χ2n) is 7.05. The Kier molecular flexibility index (Phi) is 6.12. The molecule has 3 rings (SSSR count). The number of aryl methyl sites for hydroxylation is 2. The van der Waals surface area contributed by atoms with Gasteiger partial charge in [-0.3, -0.25) is 4.72 Å². The van der Waals surface area contributed by atoms with Crippen LogP contribution in [0.4, 0.5) is 5.69 Å². The molecule has 2 aromatic carbocycles. The van der Waals surface area contributed by atoms with Crippen molar-refractivity contribution in [1.29, 1.82) is 0 Å². The summed E-state index contributed by atoms with van der Waals surface area (Å²) in [6, 6.07) is 11.3. The molecule has 1 saturated heterocycles. The van der Waals surface area contributed by atoms with Gasteiger partial charge in [-0.25, -0.2) is 16.8 Å². The van der Waals surface area contributed by atoms with E-state index in [2.05, 4.69) is 4.72 Å². The molecule has 0 spiro atoms. The second-order valence-corrected chi connectivity index (χ2v) is 10.6. The van der Waals surface area contributed by atoms with Crippen LogP contribution in [0, 0.1) is 6.92 Å². The van der Waals surface area contributed by atoms with E-state index in [4.69, 9.17) is 0 Å². The Morgan fingerprint density at radius 1 is 0.929 bits per heavy atom. The first-order valence-corrected chi connectivity index (χ1v) is 12.4. The van der Waals surface area contributed by atoms with Crippen LogP contribution in [0.2, 0.25) is 0 Å². The Morgan fingerprint density at radius 3 is 2.18 bits per heavy atom. The molecule has 2 aromatic rings. The van der Waals surface area contributed by atoms with Crippen molar-refractivity contribution in [2.75, 3.05) is 17.8 Å². The molecule has 0 unspecified atom stereocenters. The zero-order valence-electron chi connectivity index (χ0n) is 16.2. The Balaban J connectivity index is 1.90. The van der Waals surface area contributed by atoms with Gasteiger partial charge in [0.05, 0.1) is 15.5 Å². The number of benzene rings is 2. The molecule has 6 nitrogen and oxygen atoms in total. The van der Waals surface area contributed by atoms with Gasteiger partial charge in [0.1, 0.15) is 0 Å². The molecule has 28 heavy (non-hydrogen) atoms. The van der Waals surface area contributed by atoms with Crippen molar-refractivity contribution in [2.45, 2.75) is 49.3 Å². The Labute approximate surface area is 167 Å². The third kappa shape index (κ3) is 4.39. The number of rotatable bonds is 6. The van der Waals surface area contributed by atoms with Crippen molar-refractivity contribution >= 4 is 25.7 Å². The fraction of sp³-hybridized carbons (Fsp3) is 0.400. The van der Waals surface area contributed by atoms with E-state index in [1.165, 1.54) is 10.4 Å². The number of hydrogen-bond donors (Lipinski definition) is 1. The monoisotopic (exact) mass is 422 g/mol. The molecule has 0 bridgehead atoms. The van der Waals surface area contributed by atoms with Gasteiger partial charge < -0.3 is 0 Å². The van der Waals surface area contributed by atoms with Crippen molar-refractivity contribution in [1.82, 2.24) is 4.31 Å². The predicted molar refractivity (Wildman–Crippen MR) is 110 cm³/mol. The minimum absolute atomic E-state index is 0.144. The molecule has 0 saturated carbocycles. The van der Waals surface area contributed by atoms with Crippen LogP contribution in [0.3, 0.4) is 0 Å². The first-order valence-electron chi connectivity index (χ1n) is 9.46. The number of piperidine rings is 1. The van der Waals surface area contributed by atoms with E-state index in [0.29, 0.717) is 18.7 Å². The molecule has 8 heteroatoms. The van der Waals surface area contributed by atoms with Gasteiger partial charge in [-0.05, 0) is 61.6 Å². The maximum atomic E-state index is 13.0. The largest absolute Gasteiger partial charge is 0.280 e. The van der Waals surface area contributed by atoms with E-state index >= 15 is 0 Å². The summed E-state index contributed by atoms with van der Waals surface area (Å²) >= 11 is 0. The summed E-state index contributed by atoms with van der Waals surface area (Å²) in [5, 5.41) is 0.